The number of anilines is 1. The number of nitrogens with zero attached hydrogens (tertiary/aromatic N) is 1. The lowest BCUT2D eigenvalue weighted by molar-refractivity contribution is 0.412. The van der Waals surface area contributed by atoms with E-state index >= 15 is 0 Å². The van der Waals surface area contributed by atoms with E-state index in [1.165, 1.54) is 10.4 Å². The van der Waals surface area contributed by atoms with Gasteiger partial charge in [-0.05, 0) is 23.8 Å². The summed E-state index contributed by atoms with van der Waals surface area (Å²) < 4.78 is 31.4. The summed E-state index contributed by atoms with van der Waals surface area (Å²) in [6.45, 7) is 0.275. The number of sulfonamides is 1. The van der Waals surface area contributed by atoms with E-state index < -0.39 is 10.0 Å². The third kappa shape index (κ3) is 3.12. The molecule has 0 unspecified atom stereocenters. The number of nitrogens with two attached hydrogens (primary N) is 1. The van der Waals surface area contributed by atoms with Crippen LogP contribution >= 0.6 is 11.3 Å². The summed E-state index contributed by atoms with van der Waals surface area (Å²) in [5.74, 6) is 0.702. The molecule has 0 fully saturated rings. The molecule has 0 aliphatic rings. The Morgan fingerprint density at radius 1 is 1.35 bits per heavy atom. The second-order valence-corrected chi connectivity index (χ2v) is 7.49. The molecule has 2 N–H and O–H groups in total. The maximum Gasteiger partial charge on any atom is 0.252 e. The summed E-state index contributed by atoms with van der Waals surface area (Å²) in [6.07, 6.45) is 0. The van der Waals surface area contributed by atoms with Crippen LogP contribution in [-0.4, -0.2) is 26.9 Å². The predicted molar refractivity (Wildman–Crippen MR) is 80.4 cm³/mol. The van der Waals surface area contributed by atoms with Crippen LogP contribution in [0.4, 0.5) is 5.69 Å². The number of methoxy groups -OCH3 is 1. The number of ether oxygens (including phenoxy) is 1. The van der Waals surface area contributed by atoms with E-state index in [0.717, 1.165) is 16.9 Å². The molecule has 0 bridgehead atoms. The highest BCUT2D eigenvalue weighted by Crippen LogP contribution is 2.25. The monoisotopic (exact) mass is 312 g/mol. The fraction of sp³-hybridized carbons (Fsp3) is 0.231. The highest BCUT2D eigenvalue weighted by Gasteiger charge is 2.22. The minimum Gasteiger partial charge on any atom is -0.497 e. The second-order valence-electron chi connectivity index (χ2n) is 4.31. The minimum atomic E-state index is -3.50. The minimum absolute atomic E-state index is 0.250. The van der Waals surface area contributed by atoms with Crippen molar-refractivity contribution >= 4 is 27.0 Å². The van der Waals surface area contributed by atoms with Crippen LogP contribution in [0.2, 0.25) is 0 Å². The molecule has 0 atom stereocenters. The number of hydrogen-bond acceptors (Lipinski definition) is 5. The zero-order valence-electron chi connectivity index (χ0n) is 11.2. The van der Waals surface area contributed by atoms with Gasteiger partial charge < -0.3 is 10.5 Å². The number of hydrogen-bond donors (Lipinski definition) is 1. The van der Waals surface area contributed by atoms with E-state index in [4.69, 9.17) is 10.5 Å². The Kier molecular flexibility index (Phi) is 4.32. The van der Waals surface area contributed by atoms with Gasteiger partial charge in [0, 0.05) is 24.7 Å². The molecule has 7 heteroatoms. The summed E-state index contributed by atoms with van der Waals surface area (Å²) in [7, 11) is -0.381. The van der Waals surface area contributed by atoms with Crippen molar-refractivity contribution in [2.45, 2.75) is 10.8 Å². The molecular formula is C13H16N2O3S2. The van der Waals surface area contributed by atoms with Crippen LogP contribution in [0.25, 0.3) is 0 Å². The third-order valence-corrected chi connectivity index (χ3v) is 6.04. The van der Waals surface area contributed by atoms with E-state index in [9.17, 15) is 8.42 Å². The van der Waals surface area contributed by atoms with Crippen LogP contribution in [0, 0.1) is 0 Å². The quantitative estimate of drug-likeness (QED) is 0.918. The summed E-state index contributed by atoms with van der Waals surface area (Å²) in [5.41, 5.74) is 6.90. The van der Waals surface area contributed by atoms with Gasteiger partial charge in [0.1, 0.15) is 9.96 Å². The molecule has 0 aliphatic carbocycles. The van der Waals surface area contributed by atoms with Crippen molar-refractivity contribution in [3.05, 3.63) is 41.3 Å². The van der Waals surface area contributed by atoms with Gasteiger partial charge in [-0.2, -0.15) is 4.31 Å². The smallest absolute Gasteiger partial charge is 0.252 e. The standard InChI is InChI=1S/C13H16N2O3S2/c1-15(8-10-4-3-5-12(6-10)18-2)20(16,17)13-7-11(14)9-19-13/h3-7,9H,8,14H2,1-2H3. The summed E-state index contributed by atoms with van der Waals surface area (Å²) in [5, 5.41) is 1.62. The van der Waals surface area contributed by atoms with Crippen LogP contribution in [0.3, 0.4) is 0 Å². The molecule has 0 aliphatic heterocycles. The molecule has 0 amide bonds. The molecule has 2 rings (SSSR count). The molecule has 108 valence electrons. The number of rotatable bonds is 5. The lowest BCUT2D eigenvalue weighted by Gasteiger charge is -2.16. The highest BCUT2D eigenvalue weighted by atomic mass is 32.2. The Morgan fingerprint density at radius 2 is 2.10 bits per heavy atom. The second kappa shape index (κ2) is 5.82. The first kappa shape index (κ1) is 14.8. The lowest BCUT2D eigenvalue weighted by Crippen LogP contribution is -2.25. The Hall–Kier alpha value is -1.57. The van der Waals surface area contributed by atoms with Gasteiger partial charge in [-0.25, -0.2) is 8.42 Å². The molecule has 1 aromatic heterocycles. The summed E-state index contributed by atoms with van der Waals surface area (Å²) in [4.78, 5) is 0. The topological polar surface area (TPSA) is 72.6 Å². The van der Waals surface area contributed by atoms with Gasteiger partial charge >= 0.3 is 0 Å². The Labute approximate surface area is 122 Å². The maximum absolute atomic E-state index is 12.4. The van der Waals surface area contributed by atoms with Crippen molar-refractivity contribution in [2.75, 3.05) is 19.9 Å². The van der Waals surface area contributed by atoms with Gasteiger partial charge in [0.2, 0.25) is 0 Å². The van der Waals surface area contributed by atoms with E-state index in [0.29, 0.717) is 11.4 Å². The fourth-order valence-corrected chi connectivity index (χ4v) is 4.18. The van der Waals surface area contributed by atoms with Gasteiger partial charge in [-0.1, -0.05) is 12.1 Å². The molecule has 2 aromatic rings. The molecule has 20 heavy (non-hydrogen) atoms. The first-order chi connectivity index (χ1) is 9.43. The molecular weight excluding hydrogens is 296 g/mol. The molecule has 0 saturated carbocycles. The van der Waals surface area contributed by atoms with Gasteiger partial charge in [0.25, 0.3) is 10.0 Å². The highest BCUT2D eigenvalue weighted by molar-refractivity contribution is 7.91. The van der Waals surface area contributed by atoms with Crippen LogP contribution in [0.1, 0.15) is 5.56 Å². The van der Waals surface area contributed by atoms with Gasteiger partial charge in [0.15, 0.2) is 0 Å². The SMILES string of the molecule is COc1cccc(CN(C)S(=O)(=O)c2cc(N)cs2)c1. The molecule has 0 saturated heterocycles. The number of benzene rings is 1. The van der Waals surface area contributed by atoms with Crippen molar-refractivity contribution in [2.24, 2.45) is 0 Å². The van der Waals surface area contributed by atoms with Gasteiger partial charge in [-0.15, -0.1) is 11.3 Å². The zero-order chi connectivity index (χ0) is 14.8. The van der Waals surface area contributed by atoms with Crippen molar-refractivity contribution in [3.8, 4) is 5.75 Å². The summed E-state index contributed by atoms with van der Waals surface area (Å²) >= 11 is 1.12. The van der Waals surface area contributed by atoms with Crippen molar-refractivity contribution in [1.29, 1.82) is 0 Å². The molecule has 0 radical (unpaired) electrons. The van der Waals surface area contributed by atoms with Crippen LogP contribution in [-0.2, 0) is 16.6 Å². The van der Waals surface area contributed by atoms with E-state index in [2.05, 4.69) is 0 Å². The normalized spacial score (nSPS) is 11.8. The van der Waals surface area contributed by atoms with Crippen LogP contribution in [0.5, 0.6) is 5.75 Å². The molecule has 1 heterocycles. The van der Waals surface area contributed by atoms with E-state index in [1.807, 2.05) is 24.3 Å². The van der Waals surface area contributed by atoms with Crippen LogP contribution < -0.4 is 10.5 Å². The number of nitrogen functional groups attached to an aromatic ring is 1. The fourth-order valence-electron chi connectivity index (χ4n) is 1.73. The Morgan fingerprint density at radius 3 is 2.70 bits per heavy atom. The van der Waals surface area contributed by atoms with Gasteiger partial charge in [0.05, 0.1) is 7.11 Å². The Bertz CT molecular complexity index is 695. The first-order valence-corrected chi connectivity index (χ1v) is 8.19. The Balaban J connectivity index is 2.20. The molecule has 5 nitrogen and oxygen atoms in total. The predicted octanol–water partition coefficient (Wildman–Crippen LogP) is 2.16. The van der Waals surface area contributed by atoms with E-state index in [1.54, 1.807) is 19.5 Å². The average molecular weight is 312 g/mol. The number of thiophene rings is 1. The molecule has 1 aromatic carbocycles. The largest absolute Gasteiger partial charge is 0.497 e. The van der Waals surface area contributed by atoms with Crippen LogP contribution in [0.15, 0.2) is 39.9 Å². The lowest BCUT2D eigenvalue weighted by atomic mass is 10.2. The molecule has 0 spiro atoms. The van der Waals surface area contributed by atoms with Crippen molar-refractivity contribution in [1.82, 2.24) is 4.31 Å². The maximum atomic E-state index is 12.4. The van der Waals surface area contributed by atoms with Crippen molar-refractivity contribution < 1.29 is 13.2 Å². The zero-order valence-corrected chi connectivity index (χ0v) is 12.9. The summed E-state index contributed by atoms with van der Waals surface area (Å²) in [6, 6.07) is 8.80. The van der Waals surface area contributed by atoms with Crippen molar-refractivity contribution in [3.63, 3.8) is 0 Å². The van der Waals surface area contributed by atoms with Gasteiger partial charge in [-0.3, -0.25) is 0 Å². The average Bonchev–Trinajstić information content (AvgIpc) is 2.86. The third-order valence-electron chi connectivity index (χ3n) is 2.80. The van der Waals surface area contributed by atoms with E-state index in [-0.39, 0.29) is 10.8 Å². The first-order valence-electron chi connectivity index (χ1n) is 5.87.